The summed E-state index contributed by atoms with van der Waals surface area (Å²) >= 11 is 0. The first kappa shape index (κ1) is 40.7. The van der Waals surface area contributed by atoms with E-state index in [0.717, 1.165) is 50.7 Å². The van der Waals surface area contributed by atoms with Gasteiger partial charge in [0.1, 0.15) is 30.2 Å². The minimum atomic E-state index is -1.25. The van der Waals surface area contributed by atoms with E-state index in [1.54, 1.807) is 6.92 Å². The third-order valence-electron chi connectivity index (χ3n) is 13.4. The molecular formula is C43H66O11. The van der Waals surface area contributed by atoms with Gasteiger partial charge in [-0.25, -0.2) is 0 Å². The van der Waals surface area contributed by atoms with E-state index in [9.17, 15) is 20.1 Å². The lowest BCUT2D eigenvalue weighted by atomic mass is 9.79. The molecule has 54 heavy (non-hydrogen) atoms. The number of carbonyl (C=O) groups is 1. The van der Waals surface area contributed by atoms with Crippen molar-refractivity contribution in [2.75, 3.05) is 6.61 Å². The molecule has 0 unspecified atom stereocenters. The number of hydrogen-bond donors (Lipinski definition) is 3. The molecule has 6 fully saturated rings. The predicted octanol–water partition coefficient (Wildman–Crippen LogP) is 5.97. The maximum Gasteiger partial charge on any atom is 0.215 e. The molecule has 7 rings (SSSR count). The predicted molar refractivity (Wildman–Crippen MR) is 200 cm³/mol. The molecule has 304 valence electrons. The Morgan fingerprint density at radius 1 is 0.981 bits per heavy atom. The lowest BCUT2D eigenvalue weighted by Gasteiger charge is -2.50. The highest BCUT2D eigenvalue weighted by molar-refractivity contribution is 5.76. The normalized spacial score (nSPS) is 46.1. The van der Waals surface area contributed by atoms with Crippen LogP contribution in [0.3, 0.4) is 0 Å². The SMILES string of the molecule is C=C1[C@@H](O)[C@@H]2O[C@]3(CC[C@H](/C=C/[C@@H](C)[C@@H]4CC(C)=C[C@@]5(O[C@H](CC(C)=O)CC[C@H]5O)O4)O3)CC[C@H]2O[C@@H]1[C@@H](O)C[C@H](C)[C@H]1O[C@@]2(CCCCO2)CC[C@H]1C. The molecule has 6 saturated heterocycles. The molecule has 0 amide bonds. The van der Waals surface area contributed by atoms with Crippen molar-refractivity contribution in [3.63, 3.8) is 0 Å². The molecule has 11 heteroatoms. The number of aliphatic hydroxyl groups excluding tert-OH is 3. The van der Waals surface area contributed by atoms with Crippen LogP contribution in [0.1, 0.15) is 125 Å². The van der Waals surface area contributed by atoms with Gasteiger partial charge in [-0.05, 0) is 95.1 Å². The Hall–Kier alpha value is -1.51. The number of ketones is 1. The summed E-state index contributed by atoms with van der Waals surface area (Å²) in [5.74, 6) is -2.08. The highest BCUT2D eigenvalue weighted by Gasteiger charge is 2.54. The first-order valence-corrected chi connectivity index (χ1v) is 21.0. The van der Waals surface area contributed by atoms with Gasteiger partial charge in [-0.2, -0.15) is 0 Å². The van der Waals surface area contributed by atoms with E-state index in [0.29, 0.717) is 62.9 Å². The first-order chi connectivity index (χ1) is 25.7. The highest BCUT2D eigenvalue weighted by Crippen LogP contribution is 2.47. The molecule has 0 bridgehead atoms. The summed E-state index contributed by atoms with van der Waals surface area (Å²) in [5.41, 5.74) is 1.53. The summed E-state index contributed by atoms with van der Waals surface area (Å²) in [4.78, 5) is 11.8. The van der Waals surface area contributed by atoms with Crippen LogP contribution in [0.5, 0.6) is 0 Å². The number of Topliss-reactive ketones (excluding diaryl/α,β-unsaturated/α-hetero) is 1. The molecule has 0 aliphatic carbocycles. The molecule has 0 aromatic carbocycles. The van der Waals surface area contributed by atoms with Gasteiger partial charge in [0.25, 0.3) is 0 Å². The van der Waals surface area contributed by atoms with Crippen molar-refractivity contribution in [1.29, 1.82) is 0 Å². The van der Waals surface area contributed by atoms with E-state index < -0.39 is 47.9 Å². The van der Waals surface area contributed by atoms with Gasteiger partial charge < -0.3 is 48.5 Å². The molecule has 11 nitrogen and oxygen atoms in total. The Labute approximate surface area is 321 Å². The van der Waals surface area contributed by atoms with Gasteiger partial charge >= 0.3 is 0 Å². The van der Waals surface area contributed by atoms with Crippen LogP contribution in [0, 0.1) is 17.8 Å². The van der Waals surface area contributed by atoms with Crippen LogP contribution in [0.2, 0.25) is 0 Å². The average Bonchev–Trinajstić information content (AvgIpc) is 3.53. The molecule has 0 aromatic heterocycles. The minimum Gasteiger partial charge on any atom is -0.390 e. The third-order valence-corrected chi connectivity index (χ3v) is 13.4. The molecule has 0 radical (unpaired) electrons. The molecule has 0 aromatic rings. The first-order valence-electron chi connectivity index (χ1n) is 21.0. The molecule has 3 spiro atoms. The number of ether oxygens (including phenoxy) is 7. The van der Waals surface area contributed by atoms with E-state index in [1.165, 1.54) is 0 Å². The summed E-state index contributed by atoms with van der Waals surface area (Å²) in [5, 5.41) is 34.1. The Morgan fingerprint density at radius 3 is 2.52 bits per heavy atom. The number of rotatable bonds is 9. The fourth-order valence-electron chi connectivity index (χ4n) is 10.3. The van der Waals surface area contributed by atoms with Gasteiger partial charge in [0.05, 0.1) is 43.2 Å². The zero-order valence-corrected chi connectivity index (χ0v) is 33.2. The van der Waals surface area contributed by atoms with Crippen LogP contribution in [0.15, 0.2) is 36.0 Å². The minimum absolute atomic E-state index is 0.00359. The fourth-order valence-corrected chi connectivity index (χ4v) is 10.3. The van der Waals surface area contributed by atoms with Crippen molar-refractivity contribution >= 4 is 5.78 Å². The van der Waals surface area contributed by atoms with Crippen LogP contribution in [0.25, 0.3) is 0 Å². The van der Waals surface area contributed by atoms with Gasteiger partial charge in [0, 0.05) is 38.0 Å². The Bertz CT molecular complexity index is 1410. The Kier molecular flexibility index (Phi) is 12.3. The number of fused-ring (bicyclic) bond motifs is 1. The van der Waals surface area contributed by atoms with Crippen LogP contribution in [0.4, 0.5) is 0 Å². The number of carbonyl (C=O) groups excluding carboxylic acids is 1. The maximum atomic E-state index is 11.8. The topological polar surface area (TPSA) is 142 Å². The third kappa shape index (κ3) is 8.52. The van der Waals surface area contributed by atoms with E-state index >= 15 is 0 Å². The molecule has 3 N–H and O–H groups in total. The van der Waals surface area contributed by atoms with E-state index in [4.69, 9.17) is 33.2 Å². The Morgan fingerprint density at radius 2 is 1.76 bits per heavy atom. The van der Waals surface area contributed by atoms with Crippen molar-refractivity contribution in [1.82, 2.24) is 0 Å². The molecule has 7 aliphatic rings. The van der Waals surface area contributed by atoms with Gasteiger partial charge in [-0.1, -0.05) is 45.1 Å². The standard InChI is InChI=1S/C43H66O11/c1-25-21-35(52-43(24-25)36(46)12-11-32(51-43)23-29(5)44)26(2)9-10-31-14-18-42(50-31)19-15-34-40(54-42)37(47)30(6)39(49-34)33(45)22-28(4)38-27(3)13-17-41(53-38)16-7-8-20-48-41/h9-10,24,26-28,31-40,45-47H,6-8,11-23H2,1-5H3/b10-9+/t26-,27-,28+,31+,32+,33+,34-,35+,36-,37-,38+,39+,40-,41+,42-,43-/m1/s1. The number of aliphatic hydroxyl groups is 3. The van der Waals surface area contributed by atoms with Gasteiger partial charge in [0.2, 0.25) is 5.79 Å². The molecule has 0 saturated carbocycles. The molecule has 16 atom stereocenters. The monoisotopic (exact) mass is 758 g/mol. The highest BCUT2D eigenvalue weighted by atomic mass is 16.7. The largest absolute Gasteiger partial charge is 0.390 e. The second-order valence-electron chi connectivity index (χ2n) is 18.0. The van der Waals surface area contributed by atoms with E-state index in [-0.39, 0.29) is 48.1 Å². The second kappa shape index (κ2) is 16.4. The van der Waals surface area contributed by atoms with E-state index in [1.807, 2.05) is 13.0 Å². The van der Waals surface area contributed by atoms with Crippen molar-refractivity contribution in [2.24, 2.45) is 17.8 Å². The summed E-state index contributed by atoms with van der Waals surface area (Å²) in [6, 6.07) is 0. The van der Waals surface area contributed by atoms with Gasteiger partial charge in [0.15, 0.2) is 11.6 Å². The van der Waals surface area contributed by atoms with Crippen molar-refractivity contribution in [3.05, 3.63) is 36.0 Å². The van der Waals surface area contributed by atoms with Crippen LogP contribution >= 0.6 is 0 Å². The summed E-state index contributed by atoms with van der Waals surface area (Å²) in [6.07, 6.45) is 11.5. The van der Waals surface area contributed by atoms with Crippen molar-refractivity contribution in [3.8, 4) is 0 Å². The zero-order valence-electron chi connectivity index (χ0n) is 33.2. The van der Waals surface area contributed by atoms with Crippen LogP contribution in [-0.2, 0) is 38.0 Å². The fraction of sp³-hybridized carbons (Fsp3) is 0.837. The number of hydrogen-bond acceptors (Lipinski definition) is 11. The Balaban J connectivity index is 0.921. The van der Waals surface area contributed by atoms with Crippen LogP contribution < -0.4 is 0 Å². The summed E-state index contributed by atoms with van der Waals surface area (Å²) in [7, 11) is 0. The lowest BCUT2D eigenvalue weighted by molar-refractivity contribution is -0.320. The molecule has 7 heterocycles. The molecular weight excluding hydrogens is 692 g/mol. The average molecular weight is 759 g/mol. The zero-order chi connectivity index (χ0) is 38.4. The summed E-state index contributed by atoms with van der Waals surface area (Å²) < 4.78 is 45.3. The lowest BCUT2D eigenvalue weighted by Crippen LogP contribution is -2.60. The summed E-state index contributed by atoms with van der Waals surface area (Å²) in [6.45, 7) is 15.0. The smallest absolute Gasteiger partial charge is 0.215 e. The van der Waals surface area contributed by atoms with E-state index in [2.05, 4.69) is 39.5 Å². The van der Waals surface area contributed by atoms with Gasteiger partial charge in [-0.3, -0.25) is 4.79 Å². The quantitative estimate of drug-likeness (QED) is 0.240. The molecule has 7 aliphatic heterocycles. The van der Waals surface area contributed by atoms with Crippen LogP contribution in [-0.4, -0.2) is 106 Å². The van der Waals surface area contributed by atoms with Gasteiger partial charge in [-0.15, -0.1) is 0 Å². The maximum absolute atomic E-state index is 11.8. The second-order valence-corrected chi connectivity index (χ2v) is 18.0. The van der Waals surface area contributed by atoms with Crippen molar-refractivity contribution < 1.29 is 53.3 Å². The van der Waals surface area contributed by atoms with Crippen molar-refractivity contribution in [2.45, 2.75) is 203 Å².